The Hall–Kier alpha value is -2.51. The van der Waals surface area contributed by atoms with Crippen molar-refractivity contribution >= 4 is 5.91 Å². The monoisotopic (exact) mass is 356 g/mol. The van der Waals surface area contributed by atoms with Crippen LogP contribution < -0.4 is 4.74 Å². The lowest BCUT2D eigenvalue weighted by atomic mass is 10.2. The molecule has 0 bridgehead atoms. The van der Waals surface area contributed by atoms with E-state index >= 15 is 0 Å². The average molecular weight is 356 g/mol. The summed E-state index contributed by atoms with van der Waals surface area (Å²) in [7, 11) is 1.62. The largest absolute Gasteiger partial charge is 0.475 e. The van der Waals surface area contributed by atoms with Crippen molar-refractivity contribution in [3.8, 4) is 5.88 Å². The molecule has 3 rings (SSSR count). The number of amides is 1. The zero-order valence-electron chi connectivity index (χ0n) is 15.0. The number of aromatic nitrogens is 2. The minimum atomic E-state index is 0.0185. The van der Waals surface area contributed by atoms with Crippen LogP contribution in [0.5, 0.6) is 5.88 Å². The Labute approximate surface area is 153 Å². The maximum atomic E-state index is 12.7. The second-order valence-corrected chi connectivity index (χ2v) is 6.15. The van der Waals surface area contributed by atoms with Crippen molar-refractivity contribution in [3.05, 3.63) is 54.0 Å². The van der Waals surface area contributed by atoms with Gasteiger partial charge >= 0.3 is 0 Å². The van der Waals surface area contributed by atoms with E-state index < -0.39 is 0 Å². The summed E-state index contributed by atoms with van der Waals surface area (Å²) in [6.07, 6.45) is 5.27. The maximum Gasteiger partial charge on any atom is 0.254 e. The van der Waals surface area contributed by atoms with E-state index in [9.17, 15) is 4.79 Å². The van der Waals surface area contributed by atoms with E-state index in [1.54, 1.807) is 31.6 Å². The van der Waals surface area contributed by atoms with Gasteiger partial charge in [0.1, 0.15) is 6.61 Å². The Morgan fingerprint density at radius 1 is 1.15 bits per heavy atom. The number of ether oxygens (including phenoxy) is 2. The van der Waals surface area contributed by atoms with Gasteiger partial charge in [0, 0.05) is 70.1 Å². The molecule has 1 amide bonds. The van der Waals surface area contributed by atoms with Gasteiger partial charge in [-0.2, -0.15) is 0 Å². The number of methoxy groups -OCH3 is 1. The molecule has 1 fully saturated rings. The number of rotatable bonds is 7. The molecule has 0 aromatic carbocycles. The number of carbonyl (C=O) groups excluding carboxylic acids is 1. The number of piperazine rings is 1. The van der Waals surface area contributed by atoms with Crippen molar-refractivity contribution < 1.29 is 14.3 Å². The predicted octanol–water partition coefficient (Wildman–Crippen LogP) is 1.46. The molecule has 0 unspecified atom stereocenters. The third kappa shape index (κ3) is 5.00. The molecular formula is C19H24N4O3. The Kier molecular flexibility index (Phi) is 6.51. The second kappa shape index (κ2) is 9.26. The molecule has 2 aromatic heterocycles. The third-order valence-electron chi connectivity index (χ3n) is 4.31. The van der Waals surface area contributed by atoms with Crippen LogP contribution in [-0.4, -0.2) is 72.2 Å². The number of hydrogen-bond donors (Lipinski definition) is 0. The fraction of sp³-hybridized carbons (Fsp3) is 0.421. The fourth-order valence-electron chi connectivity index (χ4n) is 2.89. The summed E-state index contributed by atoms with van der Waals surface area (Å²) in [5.41, 5.74) is 1.80. The van der Waals surface area contributed by atoms with Gasteiger partial charge in [-0.3, -0.25) is 14.7 Å². The highest BCUT2D eigenvalue weighted by Gasteiger charge is 2.22. The molecule has 0 radical (unpaired) electrons. The van der Waals surface area contributed by atoms with Gasteiger partial charge in [0.25, 0.3) is 5.91 Å². The quantitative estimate of drug-likeness (QED) is 0.700. The van der Waals surface area contributed by atoms with E-state index in [0.717, 1.165) is 19.6 Å². The summed E-state index contributed by atoms with van der Waals surface area (Å²) in [5, 5.41) is 0. The van der Waals surface area contributed by atoms with Crippen LogP contribution in [-0.2, 0) is 11.3 Å². The summed E-state index contributed by atoms with van der Waals surface area (Å²) in [6, 6.07) is 7.45. The first-order valence-corrected chi connectivity index (χ1v) is 8.74. The lowest BCUT2D eigenvalue weighted by molar-refractivity contribution is 0.0627. The molecule has 26 heavy (non-hydrogen) atoms. The second-order valence-electron chi connectivity index (χ2n) is 6.15. The van der Waals surface area contributed by atoms with Gasteiger partial charge in [0.05, 0.1) is 6.61 Å². The molecule has 0 aliphatic carbocycles. The first-order valence-electron chi connectivity index (χ1n) is 8.74. The first kappa shape index (κ1) is 18.3. The highest BCUT2D eigenvalue weighted by atomic mass is 16.5. The van der Waals surface area contributed by atoms with Crippen LogP contribution in [0.25, 0.3) is 0 Å². The topological polar surface area (TPSA) is 67.8 Å². The minimum Gasteiger partial charge on any atom is -0.475 e. The van der Waals surface area contributed by atoms with Crippen LogP contribution >= 0.6 is 0 Å². The van der Waals surface area contributed by atoms with Gasteiger partial charge in [0.15, 0.2) is 0 Å². The Balaban J connectivity index is 1.52. The third-order valence-corrected chi connectivity index (χ3v) is 4.31. The summed E-state index contributed by atoms with van der Waals surface area (Å²) >= 11 is 0. The van der Waals surface area contributed by atoms with Gasteiger partial charge < -0.3 is 14.4 Å². The normalized spacial score (nSPS) is 15.0. The number of hydrogen-bond acceptors (Lipinski definition) is 6. The first-order chi connectivity index (χ1) is 12.8. The number of pyridine rings is 2. The van der Waals surface area contributed by atoms with E-state index in [4.69, 9.17) is 9.47 Å². The lowest BCUT2D eigenvalue weighted by Crippen LogP contribution is -2.48. The smallest absolute Gasteiger partial charge is 0.254 e. The van der Waals surface area contributed by atoms with Crippen LogP contribution in [0.1, 0.15) is 15.9 Å². The van der Waals surface area contributed by atoms with Crippen molar-refractivity contribution in [2.75, 3.05) is 46.5 Å². The van der Waals surface area contributed by atoms with Gasteiger partial charge in [0.2, 0.25) is 5.88 Å². The fourth-order valence-corrected chi connectivity index (χ4v) is 2.89. The Morgan fingerprint density at radius 3 is 2.73 bits per heavy atom. The van der Waals surface area contributed by atoms with Gasteiger partial charge in [-0.05, 0) is 17.7 Å². The van der Waals surface area contributed by atoms with E-state index in [0.29, 0.717) is 37.7 Å². The van der Waals surface area contributed by atoms with E-state index in [-0.39, 0.29) is 5.91 Å². The van der Waals surface area contributed by atoms with Gasteiger partial charge in [-0.1, -0.05) is 6.07 Å². The summed E-state index contributed by atoms with van der Waals surface area (Å²) in [6.45, 7) is 4.88. The van der Waals surface area contributed by atoms with Gasteiger partial charge in [-0.15, -0.1) is 0 Å². The molecule has 0 atom stereocenters. The zero-order chi connectivity index (χ0) is 18.2. The Bertz CT molecular complexity index is 703. The van der Waals surface area contributed by atoms with Crippen LogP contribution in [0.15, 0.2) is 42.9 Å². The van der Waals surface area contributed by atoms with E-state index in [1.807, 2.05) is 17.2 Å². The zero-order valence-corrected chi connectivity index (χ0v) is 15.0. The molecule has 0 spiro atoms. The van der Waals surface area contributed by atoms with Crippen molar-refractivity contribution in [2.24, 2.45) is 0 Å². The predicted molar refractivity (Wildman–Crippen MR) is 97.0 cm³/mol. The molecule has 7 nitrogen and oxygen atoms in total. The van der Waals surface area contributed by atoms with E-state index in [2.05, 4.69) is 20.9 Å². The summed E-state index contributed by atoms with van der Waals surface area (Å²) < 4.78 is 10.4. The molecule has 1 saturated heterocycles. The van der Waals surface area contributed by atoms with Crippen LogP contribution in [0.4, 0.5) is 0 Å². The average Bonchev–Trinajstić information content (AvgIpc) is 2.69. The number of nitrogens with zero attached hydrogens (tertiary/aromatic N) is 4. The molecule has 3 heterocycles. The van der Waals surface area contributed by atoms with Crippen LogP contribution in [0.2, 0.25) is 0 Å². The van der Waals surface area contributed by atoms with Crippen molar-refractivity contribution in [1.29, 1.82) is 0 Å². The van der Waals surface area contributed by atoms with Gasteiger partial charge in [-0.25, -0.2) is 4.98 Å². The SMILES string of the molecule is COCCOc1cc(C(=O)N2CCN(Cc3cccnc3)CC2)ccn1. The molecule has 1 aliphatic heterocycles. The summed E-state index contributed by atoms with van der Waals surface area (Å²) in [5.74, 6) is 0.466. The Morgan fingerprint density at radius 2 is 2.00 bits per heavy atom. The maximum absolute atomic E-state index is 12.7. The molecule has 2 aromatic rings. The van der Waals surface area contributed by atoms with E-state index in [1.165, 1.54) is 5.56 Å². The number of carbonyl (C=O) groups is 1. The molecule has 0 N–H and O–H groups in total. The minimum absolute atomic E-state index is 0.0185. The molecule has 1 aliphatic rings. The molecule has 138 valence electrons. The highest BCUT2D eigenvalue weighted by Crippen LogP contribution is 2.14. The summed E-state index contributed by atoms with van der Waals surface area (Å²) in [4.78, 5) is 25.2. The standard InChI is InChI=1S/C19H24N4O3/c1-25-11-12-26-18-13-17(4-6-21-18)19(24)23-9-7-22(8-10-23)15-16-3-2-5-20-14-16/h2-6,13-14H,7-12,15H2,1H3. The molecule has 0 saturated carbocycles. The highest BCUT2D eigenvalue weighted by molar-refractivity contribution is 5.94. The van der Waals surface area contributed by atoms with Crippen molar-refractivity contribution in [2.45, 2.75) is 6.54 Å². The molecule has 7 heteroatoms. The van der Waals surface area contributed by atoms with Crippen molar-refractivity contribution in [3.63, 3.8) is 0 Å². The molecular weight excluding hydrogens is 332 g/mol. The van der Waals surface area contributed by atoms with Crippen molar-refractivity contribution in [1.82, 2.24) is 19.8 Å². The lowest BCUT2D eigenvalue weighted by Gasteiger charge is -2.34. The van der Waals surface area contributed by atoms with Crippen LogP contribution in [0, 0.1) is 0 Å². The van der Waals surface area contributed by atoms with Crippen LogP contribution in [0.3, 0.4) is 0 Å².